The lowest BCUT2D eigenvalue weighted by molar-refractivity contribution is -0.117. The van der Waals surface area contributed by atoms with Gasteiger partial charge in [-0.1, -0.05) is 30.0 Å². The van der Waals surface area contributed by atoms with Gasteiger partial charge in [0.15, 0.2) is 11.6 Å². The summed E-state index contributed by atoms with van der Waals surface area (Å²) in [5, 5.41) is 7.48. The fourth-order valence-corrected chi connectivity index (χ4v) is 3.84. The summed E-state index contributed by atoms with van der Waals surface area (Å²) in [4.78, 5) is 30.3. The van der Waals surface area contributed by atoms with E-state index in [1.54, 1.807) is 24.1 Å². The Morgan fingerprint density at radius 1 is 1.28 bits per heavy atom. The molecule has 1 aliphatic rings. The van der Waals surface area contributed by atoms with Gasteiger partial charge < -0.3 is 9.64 Å². The van der Waals surface area contributed by atoms with Crippen molar-refractivity contribution in [2.45, 2.75) is 25.1 Å². The average Bonchev–Trinajstić information content (AvgIpc) is 3.29. The van der Waals surface area contributed by atoms with Crippen LogP contribution in [0.5, 0.6) is 5.75 Å². The zero-order valence-corrected chi connectivity index (χ0v) is 17.0. The van der Waals surface area contributed by atoms with Gasteiger partial charge in [0.05, 0.1) is 12.2 Å². The molecule has 1 amide bonds. The predicted octanol–water partition coefficient (Wildman–Crippen LogP) is 3.19. The normalized spacial score (nSPS) is 12.9. The molecule has 7 nitrogen and oxygen atoms in total. The molecule has 0 aliphatic carbocycles. The summed E-state index contributed by atoms with van der Waals surface area (Å²) in [6.07, 6.45) is 0.339. The first kappa shape index (κ1) is 19.2. The molecule has 3 aromatic rings. The molecule has 29 heavy (non-hydrogen) atoms. The number of thioether (sulfide) groups is 1. The summed E-state index contributed by atoms with van der Waals surface area (Å²) in [6.45, 7) is 2.26. The van der Waals surface area contributed by atoms with Crippen molar-refractivity contribution in [3.63, 3.8) is 0 Å². The number of likely N-dealkylation sites (N-methyl/N-ethyl adjacent to an activating group) is 1. The summed E-state index contributed by atoms with van der Waals surface area (Å²) in [5.74, 6) is 1.64. The lowest BCUT2D eigenvalue weighted by Crippen LogP contribution is -2.20. The average molecular weight is 408 g/mol. The molecule has 2 heterocycles. The second kappa shape index (κ2) is 8.08. The van der Waals surface area contributed by atoms with Crippen LogP contribution in [0.1, 0.15) is 27.3 Å². The van der Waals surface area contributed by atoms with Crippen molar-refractivity contribution in [1.82, 2.24) is 15.2 Å². The minimum atomic E-state index is -0.0256. The van der Waals surface area contributed by atoms with E-state index in [4.69, 9.17) is 4.74 Å². The second-order valence-corrected chi connectivity index (χ2v) is 7.75. The van der Waals surface area contributed by atoms with Crippen LogP contribution >= 0.6 is 11.8 Å². The molecule has 0 saturated carbocycles. The minimum absolute atomic E-state index is 0.0256. The molecule has 1 aliphatic heterocycles. The number of aryl methyl sites for hydroxylation is 1. The van der Waals surface area contributed by atoms with Gasteiger partial charge in [-0.2, -0.15) is 0 Å². The molecule has 0 spiro atoms. The van der Waals surface area contributed by atoms with Crippen LogP contribution in [0.4, 0.5) is 5.69 Å². The topological polar surface area (TPSA) is 88.2 Å². The van der Waals surface area contributed by atoms with E-state index in [9.17, 15) is 9.59 Å². The number of fused-ring (bicyclic) bond motifs is 1. The number of carbonyl (C=O) groups excluding carboxylic acids is 2. The fourth-order valence-electron chi connectivity index (χ4n) is 3.13. The molecule has 0 unspecified atom stereocenters. The number of amides is 1. The number of para-hydroxylation sites is 1. The monoisotopic (exact) mass is 408 g/mol. The van der Waals surface area contributed by atoms with Gasteiger partial charge in [-0.25, -0.2) is 4.98 Å². The molecule has 0 radical (unpaired) electrons. The highest BCUT2D eigenvalue weighted by molar-refractivity contribution is 7.99. The number of H-pyrrole nitrogens is 1. The number of aromatic amines is 1. The lowest BCUT2D eigenvalue weighted by Gasteiger charge is -2.10. The van der Waals surface area contributed by atoms with Gasteiger partial charge in [0.2, 0.25) is 11.1 Å². The van der Waals surface area contributed by atoms with E-state index in [2.05, 4.69) is 15.2 Å². The van der Waals surface area contributed by atoms with Gasteiger partial charge in [-0.3, -0.25) is 14.7 Å². The number of nitrogens with one attached hydrogen (secondary N) is 1. The van der Waals surface area contributed by atoms with Crippen LogP contribution in [0.2, 0.25) is 0 Å². The number of rotatable bonds is 7. The fraction of sp³-hybridized carbons (Fsp3) is 0.238. The molecule has 8 heteroatoms. The third kappa shape index (κ3) is 4.17. The summed E-state index contributed by atoms with van der Waals surface area (Å²) in [7, 11) is 1.75. The highest BCUT2D eigenvalue weighted by Gasteiger charge is 2.24. The Kier molecular flexibility index (Phi) is 5.35. The number of ketones is 1. The predicted molar refractivity (Wildman–Crippen MR) is 111 cm³/mol. The van der Waals surface area contributed by atoms with Crippen LogP contribution in [0.15, 0.2) is 47.6 Å². The smallest absolute Gasteiger partial charge is 0.231 e. The van der Waals surface area contributed by atoms with Crippen LogP contribution in [-0.4, -0.2) is 39.7 Å². The largest absolute Gasteiger partial charge is 0.485 e. The van der Waals surface area contributed by atoms with Crippen molar-refractivity contribution in [3.8, 4) is 5.75 Å². The molecule has 0 bridgehead atoms. The number of carbonyl (C=O) groups is 2. The van der Waals surface area contributed by atoms with Crippen molar-refractivity contribution in [2.75, 3.05) is 17.7 Å². The Morgan fingerprint density at radius 2 is 2.10 bits per heavy atom. The molecule has 4 rings (SSSR count). The molecule has 1 aromatic heterocycles. The second-order valence-electron chi connectivity index (χ2n) is 6.80. The lowest BCUT2D eigenvalue weighted by atomic mass is 10.1. The Balaban J connectivity index is 1.33. The third-order valence-electron chi connectivity index (χ3n) is 4.78. The number of benzene rings is 2. The molecule has 148 valence electrons. The quantitative estimate of drug-likeness (QED) is 0.477. The van der Waals surface area contributed by atoms with Crippen molar-refractivity contribution < 1.29 is 14.3 Å². The van der Waals surface area contributed by atoms with Crippen LogP contribution in [0, 0.1) is 6.92 Å². The molecule has 2 aromatic carbocycles. The number of nitrogens with zero attached hydrogens (tertiary/aromatic N) is 3. The number of ether oxygens (including phenoxy) is 1. The molecule has 0 atom stereocenters. The summed E-state index contributed by atoms with van der Waals surface area (Å²) in [5.41, 5.74) is 3.40. The van der Waals surface area contributed by atoms with Crippen LogP contribution in [0.25, 0.3) is 0 Å². The van der Waals surface area contributed by atoms with Gasteiger partial charge in [-0.15, -0.1) is 5.10 Å². The molecule has 1 N–H and O–H groups in total. The standard InChI is InChI=1S/C21H20N4O3S/c1-13-5-3-4-6-18(13)28-11-19-22-21(24-23-19)29-12-17(26)14-7-8-16-15(9-14)10-20(27)25(16)2/h3-9H,10-12H2,1-2H3,(H,22,23,24). The van der Waals surface area contributed by atoms with Crippen LogP contribution in [0.3, 0.4) is 0 Å². The zero-order chi connectivity index (χ0) is 20.4. The number of hydrogen-bond acceptors (Lipinski definition) is 6. The van der Waals surface area contributed by atoms with Gasteiger partial charge in [0.25, 0.3) is 0 Å². The molecule has 0 fully saturated rings. The first-order chi connectivity index (χ1) is 14.0. The van der Waals surface area contributed by atoms with E-state index in [0.29, 0.717) is 23.0 Å². The van der Waals surface area contributed by atoms with E-state index in [-0.39, 0.29) is 24.1 Å². The van der Waals surface area contributed by atoms with E-state index >= 15 is 0 Å². The van der Waals surface area contributed by atoms with Crippen LogP contribution < -0.4 is 9.64 Å². The van der Waals surface area contributed by atoms with Crippen molar-refractivity contribution in [3.05, 3.63) is 65.0 Å². The maximum absolute atomic E-state index is 12.5. The van der Waals surface area contributed by atoms with Crippen molar-refractivity contribution in [2.24, 2.45) is 0 Å². The Labute approximate surface area is 172 Å². The minimum Gasteiger partial charge on any atom is -0.485 e. The maximum Gasteiger partial charge on any atom is 0.231 e. The molecular formula is C21H20N4O3S. The Bertz CT molecular complexity index is 1080. The zero-order valence-electron chi connectivity index (χ0n) is 16.1. The molecular weight excluding hydrogens is 388 g/mol. The first-order valence-corrected chi connectivity index (χ1v) is 10.1. The van der Waals surface area contributed by atoms with Crippen molar-refractivity contribution in [1.29, 1.82) is 0 Å². The van der Waals surface area contributed by atoms with E-state index < -0.39 is 0 Å². The number of anilines is 1. The number of Topliss-reactive ketones (excluding diaryl/α,β-unsaturated/α-hetero) is 1. The third-order valence-corrected chi connectivity index (χ3v) is 5.63. The van der Waals surface area contributed by atoms with Crippen LogP contribution in [-0.2, 0) is 17.8 Å². The number of aromatic nitrogens is 3. The van der Waals surface area contributed by atoms with E-state index in [0.717, 1.165) is 22.6 Å². The summed E-state index contributed by atoms with van der Waals surface area (Å²) < 4.78 is 5.75. The van der Waals surface area contributed by atoms with Gasteiger partial charge in [-0.05, 0) is 42.3 Å². The highest BCUT2D eigenvalue weighted by Crippen LogP contribution is 2.29. The van der Waals surface area contributed by atoms with E-state index in [1.807, 2.05) is 37.3 Å². The van der Waals surface area contributed by atoms with Crippen molar-refractivity contribution >= 4 is 29.1 Å². The maximum atomic E-state index is 12.5. The number of hydrogen-bond donors (Lipinski definition) is 1. The van der Waals surface area contributed by atoms with Gasteiger partial charge in [0.1, 0.15) is 12.4 Å². The Morgan fingerprint density at radius 3 is 2.93 bits per heavy atom. The molecule has 0 saturated heterocycles. The SMILES string of the molecule is Cc1ccccc1OCc1nc(SCC(=O)c2ccc3c(c2)CC(=O)N3C)n[nH]1. The van der Waals surface area contributed by atoms with Gasteiger partial charge in [0, 0.05) is 18.3 Å². The van der Waals surface area contributed by atoms with E-state index in [1.165, 1.54) is 11.8 Å². The highest BCUT2D eigenvalue weighted by atomic mass is 32.2. The van der Waals surface area contributed by atoms with Gasteiger partial charge >= 0.3 is 0 Å². The summed E-state index contributed by atoms with van der Waals surface area (Å²) in [6, 6.07) is 13.2. The Hall–Kier alpha value is -3.13. The first-order valence-electron chi connectivity index (χ1n) is 9.16. The summed E-state index contributed by atoms with van der Waals surface area (Å²) >= 11 is 1.27.